The smallest absolute Gasteiger partial charge is 0.283 e. The second kappa shape index (κ2) is 8.98. The molecule has 5 aromatic rings. The van der Waals surface area contributed by atoms with Crippen LogP contribution in [0.25, 0.3) is 21.1 Å². The summed E-state index contributed by atoms with van der Waals surface area (Å²) in [5.74, 6) is 6.53. The number of benzene rings is 2. The Balaban J connectivity index is 1.30. The molecule has 6 rings (SSSR count). The topological polar surface area (TPSA) is 102 Å². The van der Waals surface area contributed by atoms with E-state index in [2.05, 4.69) is 37.5 Å². The summed E-state index contributed by atoms with van der Waals surface area (Å²) in [6, 6.07) is 12.2. The maximum atomic E-state index is 13.6. The minimum atomic E-state index is -4.05. The third-order valence-corrected chi connectivity index (χ3v) is 8.50. The monoisotopic (exact) mass is 518 g/mol. The van der Waals surface area contributed by atoms with Gasteiger partial charge in [0, 0.05) is 11.1 Å². The minimum Gasteiger partial charge on any atom is -0.339 e. The van der Waals surface area contributed by atoms with Crippen molar-refractivity contribution in [3.63, 3.8) is 0 Å². The average Bonchev–Trinajstić information content (AvgIpc) is 3.62. The SMILES string of the molecule is O=S(=O)(c1cccc(F)c1)n1ncc2cc(Nc3ncnc4cc(C#C[C@@H]5CCCN5)sc34)ccc21. The minimum absolute atomic E-state index is 0.168. The molecule has 0 saturated carbocycles. The van der Waals surface area contributed by atoms with Crippen LogP contribution in [0.2, 0.25) is 0 Å². The van der Waals surface area contributed by atoms with E-state index >= 15 is 0 Å². The van der Waals surface area contributed by atoms with Gasteiger partial charge in [-0.15, -0.1) is 11.3 Å². The molecule has 1 atom stereocenters. The predicted molar refractivity (Wildman–Crippen MR) is 137 cm³/mol. The van der Waals surface area contributed by atoms with Gasteiger partial charge in [-0.3, -0.25) is 0 Å². The Labute approximate surface area is 210 Å². The zero-order chi connectivity index (χ0) is 24.7. The lowest BCUT2D eigenvalue weighted by Crippen LogP contribution is -2.18. The van der Waals surface area contributed by atoms with Crippen molar-refractivity contribution in [2.75, 3.05) is 11.9 Å². The Morgan fingerprint density at radius 3 is 2.92 bits per heavy atom. The van der Waals surface area contributed by atoms with E-state index in [4.69, 9.17) is 0 Å². The van der Waals surface area contributed by atoms with Crippen LogP contribution in [0.1, 0.15) is 17.7 Å². The Bertz CT molecular complexity index is 1780. The van der Waals surface area contributed by atoms with Crippen molar-refractivity contribution in [1.82, 2.24) is 24.5 Å². The van der Waals surface area contributed by atoms with Gasteiger partial charge >= 0.3 is 0 Å². The van der Waals surface area contributed by atoms with E-state index in [0.717, 1.165) is 44.6 Å². The van der Waals surface area contributed by atoms with Crippen molar-refractivity contribution in [2.24, 2.45) is 0 Å². The van der Waals surface area contributed by atoms with Gasteiger partial charge in [-0.05, 0) is 61.9 Å². The molecule has 4 heterocycles. The molecule has 0 bridgehead atoms. The van der Waals surface area contributed by atoms with Crippen LogP contribution in [0.5, 0.6) is 0 Å². The maximum Gasteiger partial charge on any atom is 0.283 e. The number of rotatable bonds is 4. The average molecular weight is 519 g/mol. The Morgan fingerprint density at radius 1 is 1.17 bits per heavy atom. The van der Waals surface area contributed by atoms with Crippen molar-refractivity contribution < 1.29 is 12.8 Å². The standard InChI is InChI=1S/C25H19FN6O2S2/c26-17-3-1-5-21(12-17)36(33,34)32-23-9-7-19(11-16(23)14-30-32)31-25-24-22(28-15-29-25)13-20(35-24)8-6-18-4-2-10-27-18/h1,3,5,7,9,11-15,18,27H,2,4,10H2,(H,28,29,31)/t18-/m0/s1. The molecule has 36 heavy (non-hydrogen) atoms. The van der Waals surface area contributed by atoms with Crippen molar-refractivity contribution in [2.45, 2.75) is 23.8 Å². The van der Waals surface area contributed by atoms with Crippen molar-refractivity contribution >= 4 is 54.0 Å². The first-order chi connectivity index (χ1) is 17.5. The number of anilines is 2. The first kappa shape index (κ1) is 22.6. The molecule has 11 heteroatoms. The third-order valence-electron chi connectivity index (χ3n) is 5.86. The van der Waals surface area contributed by atoms with Crippen molar-refractivity contribution in [3.8, 4) is 11.8 Å². The van der Waals surface area contributed by atoms with Gasteiger partial charge in [0.2, 0.25) is 0 Å². The van der Waals surface area contributed by atoms with Gasteiger partial charge in [0.05, 0.1) is 37.7 Å². The van der Waals surface area contributed by atoms with Crippen LogP contribution in [-0.2, 0) is 10.0 Å². The highest BCUT2D eigenvalue weighted by molar-refractivity contribution is 7.90. The van der Waals surface area contributed by atoms with Gasteiger partial charge in [0.25, 0.3) is 10.0 Å². The normalized spacial score (nSPS) is 15.8. The summed E-state index contributed by atoms with van der Waals surface area (Å²) in [5, 5.41) is 11.3. The molecule has 2 N–H and O–H groups in total. The van der Waals surface area contributed by atoms with Gasteiger partial charge in [0.15, 0.2) is 5.82 Å². The lowest BCUT2D eigenvalue weighted by Gasteiger charge is -2.08. The number of nitrogens with one attached hydrogen (secondary N) is 2. The van der Waals surface area contributed by atoms with Crippen molar-refractivity contribution in [1.29, 1.82) is 0 Å². The zero-order valence-corrected chi connectivity index (χ0v) is 20.4. The summed E-state index contributed by atoms with van der Waals surface area (Å²) in [6.07, 6.45) is 5.16. The predicted octanol–water partition coefficient (Wildman–Crippen LogP) is 4.26. The molecule has 0 unspecified atom stereocenters. The summed E-state index contributed by atoms with van der Waals surface area (Å²) in [5.41, 5.74) is 1.89. The zero-order valence-electron chi connectivity index (χ0n) is 18.8. The van der Waals surface area contributed by atoms with E-state index < -0.39 is 15.8 Å². The van der Waals surface area contributed by atoms with Crippen LogP contribution in [0.3, 0.4) is 0 Å². The third kappa shape index (κ3) is 4.19. The summed E-state index contributed by atoms with van der Waals surface area (Å²) >= 11 is 1.52. The van der Waals surface area contributed by atoms with Gasteiger partial charge in [-0.2, -0.15) is 17.6 Å². The largest absolute Gasteiger partial charge is 0.339 e. The number of hydrogen-bond donors (Lipinski definition) is 2. The Morgan fingerprint density at radius 2 is 2.08 bits per heavy atom. The number of nitrogens with zero attached hydrogens (tertiary/aromatic N) is 4. The first-order valence-electron chi connectivity index (χ1n) is 11.2. The first-order valence-corrected chi connectivity index (χ1v) is 13.5. The van der Waals surface area contributed by atoms with Crippen LogP contribution in [0, 0.1) is 17.7 Å². The van der Waals surface area contributed by atoms with Gasteiger partial charge in [-0.25, -0.2) is 14.4 Å². The van der Waals surface area contributed by atoms with E-state index in [9.17, 15) is 12.8 Å². The highest BCUT2D eigenvalue weighted by atomic mass is 32.2. The quantitative estimate of drug-likeness (QED) is 0.343. The van der Waals surface area contributed by atoms with Crippen LogP contribution in [0.15, 0.2) is 66.0 Å². The Hall–Kier alpha value is -3.85. The van der Waals surface area contributed by atoms with E-state index in [1.54, 1.807) is 18.2 Å². The highest BCUT2D eigenvalue weighted by Gasteiger charge is 2.21. The van der Waals surface area contributed by atoms with Gasteiger partial charge in [-0.1, -0.05) is 17.9 Å². The van der Waals surface area contributed by atoms with Crippen LogP contribution in [0.4, 0.5) is 15.9 Å². The number of thiophene rings is 1. The molecule has 0 aliphatic carbocycles. The molecule has 0 amide bonds. The molecular formula is C25H19FN6O2S2. The molecule has 3 aromatic heterocycles. The molecule has 1 saturated heterocycles. The fourth-order valence-corrected chi connectivity index (χ4v) is 6.34. The molecule has 0 radical (unpaired) electrons. The van der Waals surface area contributed by atoms with E-state index in [1.165, 1.54) is 42.1 Å². The van der Waals surface area contributed by atoms with Crippen molar-refractivity contribution in [3.05, 3.63) is 71.7 Å². The van der Waals surface area contributed by atoms with Gasteiger partial charge < -0.3 is 10.6 Å². The molecular weight excluding hydrogens is 499 g/mol. The van der Waals surface area contributed by atoms with Gasteiger partial charge in [0.1, 0.15) is 12.1 Å². The molecule has 1 aliphatic rings. The van der Waals surface area contributed by atoms with E-state index in [0.29, 0.717) is 22.4 Å². The highest BCUT2D eigenvalue weighted by Crippen LogP contribution is 2.32. The molecule has 8 nitrogen and oxygen atoms in total. The van der Waals surface area contributed by atoms with Crippen LogP contribution in [-0.4, -0.2) is 40.2 Å². The molecule has 180 valence electrons. The Kier molecular flexibility index (Phi) is 5.64. The van der Waals surface area contributed by atoms with E-state index in [-0.39, 0.29) is 10.9 Å². The number of aromatic nitrogens is 4. The lowest BCUT2D eigenvalue weighted by molar-refractivity contribution is 0.578. The fourth-order valence-electron chi connectivity index (χ4n) is 4.11. The number of hydrogen-bond acceptors (Lipinski definition) is 8. The second-order valence-electron chi connectivity index (χ2n) is 8.31. The number of fused-ring (bicyclic) bond motifs is 2. The maximum absolute atomic E-state index is 13.6. The summed E-state index contributed by atoms with van der Waals surface area (Å²) in [4.78, 5) is 9.52. The molecule has 0 spiro atoms. The number of halogens is 1. The molecule has 2 aromatic carbocycles. The molecule has 1 aliphatic heterocycles. The second-order valence-corrected chi connectivity index (χ2v) is 11.1. The lowest BCUT2D eigenvalue weighted by atomic mass is 10.2. The summed E-state index contributed by atoms with van der Waals surface area (Å²) in [6.45, 7) is 1.01. The van der Waals surface area contributed by atoms with E-state index in [1.807, 2.05) is 6.07 Å². The fraction of sp³-hybridized carbons (Fsp3) is 0.160. The summed E-state index contributed by atoms with van der Waals surface area (Å²) < 4.78 is 41.4. The van der Waals surface area contributed by atoms with Crippen LogP contribution < -0.4 is 10.6 Å². The van der Waals surface area contributed by atoms with Crippen LogP contribution >= 0.6 is 11.3 Å². The molecule has 1 fully saturated rings. The summed E-state index contributed by atoms with van der Waals surface area (Å²) in [7, 11) is -4.05.